The molecule has 0 bridgehead atoms. The zero-order valence-electron chi connectivity index (χ0n) is 9.12. The SMILES string of the molecule is CCn1c(CCl)nnc1-c1ccc(Cl)cc1Cl. The van der Waals surface area contributed by atoms with Gasteiger partial charge in [0.25, 0.3) is 0 Å². The molecule has 1 heterocycles. The third-order valence-corrected chi connectivity index (χ3v) is 3.22. The van der Waals surface area contributed by atoms with Gasteiger partial charge >= 0.3 is 0 Å². The van der Waals surface area contributed by atoms with Crippen LogP contribution in [0.4, 0.5) is 0 Å². The number of hydrogen-bond acceptors (Lipinski definition) is 2. The largest absolute Gasteiger partial charge is 0.310 e. The summed E-state index contributed by atoms with van der Waals surface area (Å²) in [5.41, 5.74) is 0.807. The number of alkyl halides is 1. The second-order valence-electron chi connectivity index (χ2n) is 3.44. The van der Waals surface area contributed by atoms with Crippen LogP contribution in [0.3, 0.4) is 0 Å². The molecule has 3 nitrogen and oxygen atoms in total. The lowest BCUT2D eigenvalue weighted by Gasteiger charge is -2.07. The smallest absolute Gasteiger partial charge is 0.165 e. The summed E-state index contributed by atoms with van der Waals surface area (Å²) in [6, 6.07) is 5.30. The zero-order chi connectivity index (χ0) is 12.4. The Bertz CT molecular complexity index is 537. The summed E-state index contributed by atoms with van der Waals surface area (Å²) < 4.78 is 1.93. The predicted octanol–water partition coefficient (Wildman–Crippen LogP) is 4.01. The van der Waals surface area contributed by atoms with Gasteiger partial charge in [-0.15, -0.1) is 21.8 Å². The quantitative estimate of drug-likeness (QED) is 0.800. The highest BCUT2D eigenvalue weighted by atomic mass is 35.5. The molecule has 90 valence electrons. The monoisotopic (exact) mass is 289 g/mol. The first kappa shape index (κ1) is 12.7. The van der Waals surface area contributed by atoms with Gasteiger partial charge in [0.1, 0.15) is 5.82 Å². The van der Waals surface area contributed by atoms with Gasteiger partial charge in [0.15, 0.2) is 5.82 Å². The van der Waals surface area contributed by atoms with Crippen molar-refractivity contribution in [1.82, 2.24) is 14.8 Å². The van der Waals surface area contributed by atoms with Crippen LogP contribution in [0.2, 0.25) is 10.0 Å². The fraction of sp³-hybridized carbons (Fsp3) is 0.273. The minimum Gasteiger partial charge on any atom is -0.310 e. The second-order valence-corrected chi connectivity index (χ2v) is 4.55. The van der Waals surface area contributed by atoms with Gasteiger partial charge in [-0.05, 0) is 25.1 Å². The van der Waals surface area contributed by atoms with E-state index >= 15 is 0 Å². The van der Waals surface area contributed by atoms with Crippen molar-refractivity contribution in [3.05, 3.63) is 34.1 Å². The van der Waals surface area contributed by atoms with E-state index in [-0.39, 0.29) is 0 Å². The van der Waals surface area contributed by atoms with Gasteiger partial charge in [0, 0.05) is 17.1 Å². The van der Waals surface area contributed by atoms with Gasteiger partial charge < -0.3 is 4.57 Å². The highest BCUT2D eigenvalue weighted by Gasteiger charge is 2.14. The Kier molecular flexibility index (Phi) is 3.92. The Morgan fingerprint density at radius 1 is 1.24 bits per heavy atom. The summed E-state index contributed by atoms with van der Waals surface area (Å²) in [7, 11) is 0. The van der Waals surface area contributed by atoms with E-state index < -0.39 is 0 Å². The number of hydrogen-bond donors (Lipinski definition) is 0. The molecule has 1 aromatic carbocycles. The Hall–Kier alpha value is -0.770. The van der Waals surface area contributed by atoms with Crippen molar-refractivity contribution in [1.29, 1.82) is 0 Å². The van der Waals surface area contributed by atoms with Crippen molar-refractivity contribution >= 4 is 34.8 Å². The molecule has 0 atom stereocenters. The van der Waals surface area contributed by atoms with Gasteiger partial charge in [0.2, 0.25) is 0 Å². The van der Waals surface area contributed by atoms with E-state index in [1.165, 1.54) is 0 Å². The molecule has 2 aromatic rings. The molecule has 0 unspecified atom stereocenters. The van der Waals surface area contributed by atoms with Crippen molar-refractivity contribution in [2.75, 3.05) is 0 Å². The lowest BCUT2D eigenvalue weighted by molar-refractivity contribution is 0.731. The predicted molar refractivity (Wildman–Crippen MR) is 70.7 cm³/mol. The van der Waals surface area contributed by atoms with Gasteiger partial charge in [-0.1, -0.05) is 23.2 Å². The maximum Gasteiger partial charge on any atom is 0.165 e. The molecule has 0 saturated carbocycles. The maximum atomic E-state index is 6.15. The minimum absolute atomic E-state index is 0.325. The number of rotatable bonds is 3. The number of halogens is 3. The van der Waals surface area contributed by atoms with Crippen molar-refractivity contribution in [2.45, 2.75) is 19.3 Å². The van der Waals surface area contributed by atoms with Crippen molar-refractivity contribution < 1.29 is 0 Å². The van der Waals surface area contributed by atoms with E-state index in [0.29, 0.717) is 21.7 Å². The van der Waals surface area contributed by atoms with Crippen LogP contribution in [-0.4, -0.2) is 14.8 Å². The number of aromatic nitrogens is 3. The fourth-order valence-corrected chi connectivity index (χ4v) is 2.33. The lowest BCUT2D eigenvalue weighted by atomic mass is 10.2. The molecule has 0 radical (unpaired) electrons. The second kappa shape index (κ2) is 5.25. The van der Waals surface area contributed by atoms with Crippen LogP contribution < -0.4 is 0 Å². The molecule has 2 rings (SSSR count). The zero-order valence-corrected chi connectivity index (χ0v) is 11.4. The van der Waals surface area contributed by atoms with E-state index in [1.807, 2.05) is 17.6 Å². The summed E-state index contributed by atoms with van der Waals surface area (Å²) in [5.74, 6) is 1.77. The van der Waals surface area contributed by atoms with Crippen LogP contribution in [0.5, 0.6) is 0 Å². The summed E-state index contributed by atoms with van der Waals surface area (Å²) in [5, 5.41) is 9.31. The summed E-state index contributed by atoms with van der Waals surface area (Å²) in [6.45, 7) is 2.75. The molecule has 0 spiro atoms. The summed E-state index contributed by atoms with van der Waals surface area (Å²) in [4.78, 5) is 0. The molecule has 1 aromatic heterocycles. The highest BCUT2D eigenvalue weighted by molar-refractivity contribution is 6.36. The van der Waals surface area contributed by atoms with Gasteiger partial charge in [0.05, 0.1) is 10.9 Å². The third-order valence-electron chi connectivity index (χ3n) is 2.44. The van der Waals surface area contributed by atoms with E-state index in [9.17, 15) is 0 Å². The van der Waals surface area contributed by atoms with Crippen LogP contribution in [-0.2, 0) is 12.4 Å². The topological polar surface area (TPSA) is 30.7 Å². The Morgan fingerprint density at radius 2 is 2.00 bits per heavy atom. The Balaban J connectivity index is 2.56. The molecule has 0 N–H and O–H groups in total. The van der Waals surface area contributed by atoms with E-state index in [2.05, 4.69) is 10.2 Å². The first-order valence-electron chi connectivity index (χ1n) is 5.10. The van der Waals surface area contributed by atoms with E-state index in [0.717, 1.165) is 17.9 Å². The van der Waals surface area contributed by atoms with E-state index in [1.54, 1.807) is 12.1 Å². The van der Waals surface area contributed by atoms with Crippen LogP contribution in [0.1, 0.15) is 12.7 Å². The highest BCUT2D eigenvalue weighted by Crippen LogP contribution is 2.29. The molecular weight excluding hydrogens is 281 g/mol. The fourth-order valence-electron chi connectivity index (χ4n) is 1.64. The van der Waals surface area contributed by atoms with Crippen molar-refractivity contribution in [3.63, 3.8) is 0 Å². The molecule has 0 amide bonds. The first-order chi connectivity index (χ1) is 8.17. The van der Waals surface area contributed by atoms with Gasteiger partial charge in [-0.2, -0.15) is 0 Å². The number of nitrogens with zero attached hydrogens (tertiary/aromatic N) is 3. The molecule has 0 aliphatic rings. The summed E-state index contributed by atoms with van der Waals surface area (Å²) >= 11 is 17.8. The standard InChI is InChI=1S/C11H10Cl3N3/c1-2-17-10(6-12)15-16-11(17)8-4-3-7(13)5-9(8)14/h3-5H,2,6H2,1H3. The molecular formula is C11H10Cl3N3. The molecule has 17 heavy (non-hydrogen) atoms. The van der Waals surface area contributed by atoms with Crippen LogP contribution in [0.25, 0.3) is 11.4 Å². The van der Waals surface area contributed by atoms with Crippen LogP contribution in [0.15, 0.2) is 18.2 Å². The normalized spacial score (nSPS) is 10.8. The third kappa shape index (κ3) is 2.41. The molecule has 0 fully saturated rings. The Labute approximate surface area is 114 Å². The Morgan fingerprint density at radius 3 is 2.59 bits per heavy atom. The van der Waals surface area contributed by atoms with Crippen LogP contribution in [0, 0.1) is 0 Å². The average molecular weight is 291 g/mol. The molecule has 0 aliphatic carbocycles. The maximum absolute atomic E-state index is 6.15. The van der Waals surface area contributed by atoms with Crippen LogP contribution >= 0.6 is 34.8 Å². The minimum atomic E-state index is 0.325. The molecule has 6 heteroatoms. The number of benzene rings is 1. The first-order valence-corrected chi connectivity index (χ1v) is 6.40. The average Bonchev–Trinajstić information content (AvgIpc) is 2.71. The van der Waals surface area contributed by atoms with Gasteiger partial charge in [-0.25, -0.2) is 0 Å². The van der Waals surface area contributed by atoms with Crippen molar-refractivity contribution in [2.24, 2.45) is 0 Å². The molecule has 0 aliphatic heterocycles. The van der Waals surface area contributed by atoms with Gasteiger partial charge in [-0.3, -0.25) is 0 Å². The van der Waals surface area contributed by atoms with Crippen molar-refractivity contribution in [3.8, 4) is 11.4 Å². The lowest BCUT2D eigenvalue weighted by Crippen LogP contribution is -2.02. The summed E-state index contributed by atoms with van der Waals surface area (Å²) in [6.07, 6.45) is 0. The molecule has 0 saturated heterocycles. The van der Waals surface area contributed by atoms with E-state index in [4.69, 9.17) is 34.8 Å².